The fourth-order valence-electron chi connectivity index (χ4n) is 3.96. The predicted molar refractivity (Wildman–Crippen MR) is 128 cm³/mol. The van der Waals surface area contributed by atoms with Crippen LogP contribution in [-0.4, -0.2) is 32.3 Å². The normalized spacial score (nSPS) is 13.8. The summed E-state index contributed by atoms with van der Waals surface area (Å²) >= 11 is 0. The Balaban J connectivity index is 1.45. The maximum absolute atomic E-state index is 12.5. The molecular weight excluding hydrogens is 418 g/mol. The first-order valence-corrected chi connectivity index (χ1v) is 11.2. The molecule has 0 radical (unpaired) electrons. The Morgan fingerprint density at radius 3 is 2.06 bits per heavy atom. The molecule has 4 rings (SSSR count). The number of ether oxygens (including phenoxy) is 4. The molecule has 6 heteroatoms. The molecule has 1 aliphatic heterocycles. The Bertz CT molecular complexity index is 1050. The van der Waals surface area contributed by atoms with Gasteiger partial charge in [-0.25, -0.2) is 4.79 Å². The Kier molecular flexibility index (Phi) is 6.84. The molecule has 0 bridgehead atoms. The Labute approximate surface area is 194 Å². The highest BCUT2D eigenvalue weighted by Gasteiger charge is 2.37. The number of anilines is 2. The molecule has 0 spiro atoms. The van der Waals surface area contributed by atoms with Gasteiger partial charge in [0.25, 0.3) is 0 Å². The van der Waals surface area contributed by atoms with E-state index in [4.69, 9.17) is 18.9 Å². The molecule has 3 aromatic carbocycles. The van der Waals surface area contributed by atoms with Crippen molar-refractivity contribution < 1.29 is 23.7 Å². The summed E-state index contributed by atoms with van der Waals surface area (Å²) in [5.74, 6) is 1.98. The van der Waals surface area contributed by atoms with E-state index in [0.717, 1.165) is 34.2 Å². The number of nitrogens with zero attached hydrogens (tertiary/aromatic N) is 1. The molecule has 1 atom stereocenters. The van der Waals surface area contributed by atoms with Crippen molar-refractivity contribution in [2.75, 3.05) is 31.3 Å². The largest absolute Gasteiger partial charge is 0.492 e. The third kappa shape index (κ3) is 4.66. The summed E-state index contributed by atoms with van der Waals surface area (Å²) in [6, 6.07) is 23.4. The van der Waals surface area contributed by atoms with Crippen molar-refractivity contribution in [3.63, 3.8) is 0 Å². The SMILES string of the molecule is CCOC(=O)C(C)(OCC)c1ccc(OCCN2c3ccccc3Oc3ccccc32)cc1. The minimum absolute atomic E-state index is 0.302. The average molecular weight is 448 g/mol. The molecule has 0 saturated heterocycles. The highest BCUT2D eigenvalue weighted by Crippen LogP contribution is 2.45. The molecule has 0 aliphatic carbocycles. The summed E-state index contributed by atoms with van der Waals surface area (Å²) in [7, 11) is 0. The zero-order chi connectivity index (χ0) is 23.3. The van der Waals surface area contributed by atoms with Gasteiger partial charge in [-0.2, -0.15) is 0 Å². The Morgan fingerprint density at radius 2 is 1.48 bits per heavy atom. The van der Waals surface area contributed by atoms with Crippen molar-refractivity contribution in [1.82, 2.24) is 0 Å². The van der Waals surface area contributed by atoms with Gasteiger partial charge in [0.1, 0.15) is 12.4 Å². The summed E-state index contributed by atoms with van der Waals surface area (Å²) in [6.45, 7) is 7.20. The maximum atomic E-state index is 12.5. The number of benzene rings is 3. The van der Waals surface area contributed by atoms with Crippen LogP contribution in [0.2, 0.25) is 0 Å². The van der Waals surface area contributed by atoms with Crippen LogP contribution in [0.5, 0.6) is 17.2 Å². The topological polar surface area (TPSA) is 57.2 Å². The first kappa shape index (κ1) is 22.7. The number of rotatable bonds is 9. The van der Waals surface area contributed by atoms with Crippen LogP contribution in [0.15, 0.2) is 72.8 Å². The summed E-state index contributed by atoms with van der Waals surface area (Å²) in [5, 5.41) is 0. The van der Waals surface area contributed by atoms with Crippen LogP contribution in [0.4, 0.5) is 11.4 Å². The zero-order valence-corrected chi connectivity index (χ0v) is 19.2. The molecule has 0 amide bonds. The molecule has 1 aliphatic rings. The van der Waals surface area contributed by atoms with E-state index in [0.29, 0.717) is 26.4 Å². The average Bonchev–Trinajstić information content (AvgIpc) is 2.84. The fourth-order valence-corrected chi connectivity index (χ4v) is 3.96. The van der Waals surface area contributed by atoms with Crippen LogP contribution < -0.4 is 14.4 Å². The van der Waals surface area contributed by atoms with E-state index in [1.54, 1.807) is 13.8 Å². The molecule has 3 aromatic rings. The molecule has 1 heterocycles. The van der Waals surface area contributed by atoms with E-state index in [2.05, 4.69) is 4.90 Å². The molecular formula is C27H29NO5. The zero-order valence-electron chi connectivity index (χ0n) is 19.2. The fraction of sp³-hybridized carbons (Fsp3) is 0.296. The van der Waals surface area contributed by atoms with Crippen LogP contribution >= 0.6 is 0 Å². The van der Waals surface area contributed by atoms with Crippen LogP contribution in [0.3, 0.4) is 0 Å². The van der Waals surface area contributed by atoms with Crippen molar-refractivity contribution in [2.24, 2.45) is 0 Å². The molecule has 0 N–H and O–H groups in total. The number of para-hydroxylation sites is 4. The standard InChI is InChI=1S/C27H29NO5/c1-4-30-26(29)27(3,32-5-2)20-14-16-21(17-15-20)31-19-18-28-22-10-6-8-12-24(22)33-25-13-9-7-11-23(25)28/h6-17H,4-5,18-19H2,1-3H3. The van der Waals surface area contributed by atoms with Crippen LogP contribution in [0, 0.1) is 0 Å². The third-order valence-electron chi connectivity index (χ3n) is 5.62. The van der Waals surface area contributed by atoms with Crippen molar-refractivity contribution in [2.45, 2.75) is 26.4 Å². The second-order valence-corrected chi connectivity index (χ2v) is 7.75. The van der Waals surface area contributed by atoms with Crippen molar-refractivity contribution in [3.05, 3.63) is 78.4 Å². The lowest BCUT2D eigenvalue weighted by Crippen LogP contribution is -2.37. The van der Waals surface area contributed by atoms with Gasteiger partial charge < -0.3 is 23.8 Å². The van der Waals surface area contributed by atoms with Crippen molar-refractivity contribution in [1.29, 1.82) is 0 Å². The van der Waals surface area contributed by atoms with Crippen molar-refractivity contribution >= 4 is 17.3 Å². The summed E-state index contributed by atoms with van der Waals surface area (Å²) < 4.78 is 23.1. The molecule has 6 nitrogen and oxygen atoms in total. The van der Waals surface area contributed by atoms with E-state index in [1.807, 2.05) is 79.7 Å². The predicted octanol–water partition coefficient (Wildman–Crippen LogP) is 5.82. The van der Waals surface area contributed by atoms with Gasteiger partial charge in [0, 0.05) is 6.61 Å². The van der Waals surface area contributed by atoms with Gasteiger partial charge in [0.2, 0.25) is 0 Å². The lowest BCUT2D eigenvalue weighted by Gasteiger charge is -2.32. The molecule has 0 aromatic heterocycles. The Hall–Kier alpha value is -3.51. The molecule has 1 unspecified atom stereocenters. The van der Waals surface area contributed by atoms with Gasteiger partial charge in [-0.1, -0.05) is 36.4 Å². The summed E-state index contributed by atoms with van der Waals surface area (Å²) in [6.07, 6.45) is 0. The van der Waals surface area contributed by atoms with Gasteiger partial charge in [0.15, 0.2) is 17.1 Å². The lowest BCUT2D eigenvalue weighted by atomic mass is 9.95. The van der Waals surface area contributed by atoms with E-state index in [1.165, 1.54) is 0 Å². The summed E-state index contributed by atoms with van der Waals surface area (Å²) in [4.78, 5) is 14.7. The first-order chi connectivity index (χ1) is 16.1. The number of fused-ring (bicyclic) bond motifs is 2. The Morgan fingerprint density at radius 1 is 0.879 bits per heavy atom. The number of esters is 1. The smallest absolute Gasteiger partial charge is 0.342 e. The number of carbonyl (C=O) groups excluding carboxylic acids is 1. The number of hydrogen-bond acceptors (Lipinski definition) is 6. The van der Waals surface area contributed by atoms with E-state index in [-0.39, 0.29) is 0 Å². The number of hydrogen-bond donors (Lipinski definition) is 0. The van der Waals surface area contributed by atoms with E-state index in [9.17, 15) is 4.79 Å². The summed E-state index contributed by atoms with van der Waals surface area (Å²) in [5.41, 5.74) is 1.60. The highest BCUT2D eigenvalue weighted by molar-refractivity contribution is 5.81. The van der Waals surface area contributed by atoms with Gasteiger partial charge in [0.05, 0.1) is 24.5 Å². The second-order valence-electron chi connectivity index (χ2n) is 7.75. The molecule has 0 fully saturated rings. The lowest BCUT2D eigenvalue weighted by molar-refractivity contribution is -0.171. The maximum Gasteiger partial charge on any atom is 0.342 e. The third-order valence-corrected chi connectivity index (χ3v) is 5.62. The van der Waals surface area contributed by atoms with Gasteiger partial charge in [-0.15, -0.1) is 0 Å². The minimum atomic E-state index is -1.15. The highest BCUT2D eigenvalue weighted by atomic mass is 16.6. The van der Waals surface area contributed by atoms with Gasteiger partial charge in [-0.05, 0) is 62.7 Å². The van der Waals surface area contributed by atoms with Crippen LogP contribution in [0.1, 0.15) is 26.3 Å². The minimum Gasteiger partial charge on any atom is -0.492 e. The van der Waals surface area contributed by atoms with Crippen molar-refractivity contribution in [3.8, 4) is 17.2 Å². The van der Waals surface area contributed by atoms with Gasteiger partial charge >= 0.3 is 5.97 Å². The monoisotopic (exact) mass is 447 g/mol. The van der Waals surface area contributed by atoms with Gasteiger partial charge in [-0.3, -0.25) is 0 Å². The molecule has 33 heavy (non-hydrogen) atoms. The number of carbonyl (C=O) groups is 1. The van der Waals surface area contributed by atoms with E-state index < -0.39 is 11.6 Å². The first-order valence-electron chi connectivity index (χ1n) is 11.2. The quantitative estimate of drug-likeness (QED) is 0.385. The molecule has 0 saturated carbocycles. The van der Waals surface area contributed by atoms with E-state index >= 15 is 0 Å². The van der Waals surface area contributed by atoms with Crippen LogP contribution in [-0.2, 0) is 19.9 Å². The van der Waals surface area contributed by atoms with Crippen LogP contribution in [0.25, 0.3) is 0 Å². The molecule has 172 valence electrons. The second kappa shape index (κ2) is 9.96.